The Morgan fingerprint density at radius 1 is 1.18 bits per heavy atom. The van der Waals surface area contributed by atoms with Crippen LogP contribution in [0.4, 0.5) is 0 Å². The molecule has 0 aliphatic carbocycles. The molecule has 0 unspecified atom stereocenters. The van der Waals surface area contributed by atoms with Gasteiger partial charge in [0.15, 0.2) is 8.32 Å². The Bertz CT molecular complexity index is 460. The molecule has 124 valence electrons. The Balaban J connectivity index is 2.93. The maximum absolute atomic E-state index is 10.6. The first-order valence-electron chi connectivity index (χ1n) is 7.96. The van der Waals surface area contributed by atoms with Crippen LogP contribution in [0.25, 0.3) is 0 Å². The highest BCUT2D eigenvalue weighted by Gasteiger charge is 2.39. The molecule has 0 radical (unpaired) electrons. The molecular formula is C18H30O3Si. The van der Waals surface area contributed by atoms with Crippen LogP contribution in [-0.2, 0) is 9.22 Å². The largest absolute Gasteiger partial charge is 0.497 e. The molecule has 0 N–H and O–H groups in total. The van der Waals surface area contributed by atoms with Gasteiger partial charge in [0.1, 0.15) is 12.0 Å². The van der Waals surface area contributed by atoms with E-state index in [9.17, 15) is 4.79 Å². The number of hydrogen-bond acceptors (Lipinski definition) is 3. The maximum Gasteiger partial charge on any atom is 0.192 e. The predicted octanol–water partition coefficient (Wildman–Crippen LogP) is 5.13. The zero-order valence-corrected chi connectivity index (χ0v) is 15.8. The molecule has 1 aromatic rings. The number of carbonyl (C=O) groups is 1. The van der Waals surface area contributed by atoms with Gasteiger partial charge in [0.2, 0.25) is 0 Å². The number of hydrogen-bond donors (Lipinski definition) is 0. The van der Waals surface area contributed by atoms with Gasteiger partial charge in [-0.2, -0.15) is 0 Å². The Morgan fingerprint density at radius 3 is 2.23 bits per heavy atom. The summed E-state index contributed by atoms with van der Waals surface area (Å²) in [6.07, 6.45) is 3.35. The standard InChI is InChI=1S/C18H30O3Si/c1-18(2,3)22(5,6)21-17(9-7-8-14-19)15-10-12-16(20-4)13-11-15/h10-14,17H,7-9H2,1-6H3/t17-/m0/s1. The maximum atomic E-state index is 10.6. The number of methoxy groups -OCH3 is 1. The first kappa shape index (κ1) is 18.9. The molecule has 0 fully saturated rings. The van der Waals surface area contributed by atoms with Crippen LogP contribution >= 0.6 is 0 Å². The zero-order chi connectivity index (χ0) is 16.8. The summed E-state index contributed by atoms with van der Waals surface area (Å²) in [5.74, 6) is 0.850. The number of benzene rings is 1. The molecular weight excluding hydrogens is 292 g/mol. The highest BCUT2D eigenvalue weighted by atomic mass is 28.4. The van der Waals surface area contributed by atoms with Gasteiger partial charge in [-0.15, -0.1) is 0 Å². The van der Waals surface area contributed by atoms with Crippen molar-refractivity contribution in [3.63, 3.8) is 0 Å². The second-order valence-corrected chi connectivity index (χ2v) is 12.0. The lowest BCUT2D eigenvalue weighted by Crippen LogP contribution is -2.41. The van der Waals surface area contributed by atoms with Crippen LogP contribution in [0.3, 0.4) is 0 Å². The topological polar surface area (TPSA) is 35.5 Å². The third-order valence-corrected chi connectivity index (χ3v) is 9.01. The molecule has 22 heavy (non-hydrogen) atoms. The van der Waals surface area contributed by atoms with Gasteiger partial charge >= 0.3 is 0 Å². The van der Waals surface area contributed by atoms with Crippen molar-refractivity contribution in [1.82, 2.24) is 0 Å². The summed E-state index contributed by atoms with van der Waals surface area (Å²) in [6.45, 7) is 11.3. The van der Waals surface area contributed by atoms with E-state index in [1.165, 1.54) is 0 Å². The van der Waals surface area contributed by atoms with E-state index >= 15 is 0 Å². The molecule has 1 atom stereocenters. The fourth-order valence-electron chi connectivity index (χ4n) is 2.03. The van der Waals surface area contributed by atoms with Gasteiger partial charge in [-0.25, -0.2) is 0 Å². The number of unbranched alkanes of at least 4 members (excludes halogenated alkanes) is 1. The minimum atomic E-state index is -1.85. The highest BCUT2D eigenvalue weighted by Crippen LogP contribution is 2.41. The Morgan fingerprint density at radius 2 is 1.77 bits per heavy atom. The molecule has 0 spiro atoms. The fraction of sp³-hybridized carbons (Fsp3) is 0.611. The van der Waals surface area contributed by atoms with Crippen molar-refractivity contribution in [2.45, 2.75) is 64.3 Å². The Labute approximate surface area is 136 Å². The predicted molar refractivity (Wildman–Crippen MR) is 93.9 cm³/mol. The zero-order valence-electron chi connectivity index (χ0n) is 14.8. The summed E-state index contributed by atoms with van der Waals surface area (Å²) in [5.41, 5.74) is 1.16. The molecule has 0 aliphatic heterocycles. The van der Waals surface area contributed by atoms with E-state index < -0.39 is 8.32 Å². The summed E-state index contributed by atoms with van der Waals surface area (Å²) in [4.78, 5) is 10.6. The first-order chi connectivity index (χ1) is 10.2. The third-order valence-electron chi connectivity index (χ3n) is 4.52. The van der Waals surface area contributed by atoms with E-state index in [-0.39, 0.29) is 11.1 Å². The number of aldehydes is 1. The molecule has 0 aliphatic rings. The molecule has 0 saturated carbocycles. The lowest BCUT2D eigenvalue weighted by Gasteiger charge is -2.39. The van der Waals surface area contributed by atoms with Crippen LogP contribution in [0.15, 0.2) is 24.3 Å². The molecule has 0 heterocycles. The molecule has 4 heteroatoms. The van der Waals surface area contributed by atoms with Gasteiger partial charge in [0.05, 0.1) is 13.2 Å². The Hall–Kier alpha value is -1.13. The Kier molecular flexibility index (Phi) is 6.82. The molecule has 0 aromatic heterocycles. The average Bonchev–Trinajstić information content (AvgIpc) is 2.45. The summed E-state index contributed by atoms with van der Waals surface area (Å²) < 4.78 is 11.8. The van der Waals surface area contributed by atoms with Gasteiger partial charge in [0, 0.05) is 6.42 Å². The van der Waals surface area contributed by atoms with Crippen LogP contribution < -0.4 is 4.74 Å². The SMILES string of the molecule is COc1ccc([C@H](CCCC=O)O[Si](C)(C)C(C)(C)C)cc1. The van der Waals surface area contributed by atoms with Crippen molar-refractivity contribution >= 4 is 14.6 Å². The minimum Gasteiger partial charge on any atom is -0.497 e. The number of rotatable bonds is 8. The van der Waals surface area contributed by atoms with Crippen molar-refractivity contribution in [3.8, 4) is 5.75 Å². The van der Waals surface area contributed by atoms with Crippen molar-refractivity contribution in [3.05, 3.63) is 29.8 Å². The van der Waals surface area contributed by atoms with Crippen molar-refractivity contribution in [2.75, 3.05) is 7.11 Å². The van der Waals surface area contributed by atoms with Gasteiger partial charge in [-0.1, -0.05) is 32.9 Å². The van der Waals surface area contributed by atoms with Crippen LogP contribution in [0.1, 0.15) is 51.7 Å². The van der Waals surface area contributed by atoms with Gasteiger partial charge in [0.25, 0.3) is 0 Å². The summed E-state index contributed by atoms with van der Waals surface area (Å²) in [5, 5.41) is 0.169. The van der Waals surface area contributed by atoms with Crippen molar-refractivity contribution in [1.29, 1.82) is 0 Å². The van der Waals surface area contributed by atoms with E-state index in [1.807, 2.05) is 12.1 Å². The third kappa shape index (κ3) is 5.25. The second kappa shape index (κ2) is 7.93. The van der Waals surface area contributed by atoms with E-state index in [4.69, 9.17) is 9.16 Å². The summed E-state index contributed by atoms with van der Waals surface area (Å²) >= 11 is 0. The van der Waals surface area contributed by atoms with Crippen LogP contribution in [0, 0.1) is 0 Å². The highest BCUT2D eigenvalue weighted by molar-refractivity contribution is 6.74. The molecule has 1 rings (SSSR count). The van der Waals surface area contributed by atoms with Crippen LogP contribution in [0.5, 0.6) is 5.75 Å². The van der Waals surface area contributed by atoms with Crippen molar-refractivity contribution in [2.24, 2.45) is 0 Å². The van der Waals surface area contributed by atoms with Gasteiger partial charge in [-0.3, -0.25) is 0 Å². The van der Waals surface area contributed by atoms with Gasteiger partial charge < -0.3 is 14.0 Å². The number of ether oxygens (including phenoxy) is 1. The smallest absolute Gasteiger partial charge is 0.192 e. The monoisotopic (exact) mass is 322 g/mol. The quantitative estimate of drug-likeness (QED) is 0.378. The van der Waals surface area contributed by atoms with Crippen LogP contribution in [0.2, 0.25) is 18.1 Å². The van der Waals surface area contributed by atoms with E-state index in [1.54, 1.807) is 7.11 Å². The lowest BCUT2D eigenvalue weighted by molar-refractivity contribution is -0.108. The molecule has 0 bridgehead atoms. The van der Waals surface area contributed by atoms with E-state index in [0.717, 1.165) is 30.4 Å². The number of carbonyl (C=O) groups excluding carboxylic acids is 1. The van der Waals surface area contributed by atoms with E-state index in [0.29, 0.717) is 6.42 Å². The second-order valence-electron chi connectivity index (χ2n) is 7.24. The van der Waals surface area contributed by atoms with E-state index in [2.05, 4.69) is 46.0 Å². The molecule has 1 aromatic carbocycles. The van der Waals surface area contributed by atoms with Gasteiger partial charge in [-0.05, 0) is 48.7 Å². The molecule has 0 saturated heterocycles. The average molecular weight is 323 g/mol. The lowest BCUT2D eigenvalue weighted by atomic mass is 10.0. The summed E-state index contributed by atoms with van der Waals surface area (Å²) in [6, 6.07) is 8.07. The summed E-state index contributed by atoms with van der Waals surface area (Å²) in [7, 11) is -0.183. The normalized spacial score (nSPS) is 13.7. The van der Waals surface area contributed by atoms with Crippen molar-refractivity contribution < 1.29 is 14.0 Å². The minimum absolute atomic E-state index is 0.0479. The molecule has 0 amide bonds. The van der Waals surface area contributed by atoms with Crippen LogP contribution in [-0.4, -0.2) is 21.7 Å². The fourth-order valence-corrected chi connectivity index (χ4v) is 3.35. The first-order valence-corrected chi connectivity index (χ1v) is 10.9. The molecule has 3 nitrogen and oxygen atoms in total.